The Bertz CT molecular complexity index is 1950. The number of aliphatic hydroxyl groups excluding tert-OH is 1. The molecule has 0 aromatic heterocycles. The number of phosphoric ester groups is 2. The third kappa shape index (κ3) is 74.9. The highest BCUT2D eigenvalue weighted by Gasteiger charge is 2.30. The molecule has 6 atom stereocenters. The molecular formula is C83H162O17P2. The molecule has 0 amide bonds. The van der Waals surface area contributed by atoms with Gasteiger partial charge >= 0.3 is 39.5 Å². The van der Waals surface area contributed by atoms with Crippen LogP contribution in [0.1, 0.15) is 446 Å². The highest BCUT2D eigenvalue weighted by molar-refractivity contribution is 7.47. The van der Waals surface area contributed by atoms with Crippen molar-refractivity contribution in [3.8, 4) is 0 Å². The van der Waals surface area contributed by atoms with Crippen molar-refractivity contribution in [3.63, 3.8) is 0 Å². The van der Waals surface area contributed by atoms with E-state index in [-0.39, 0.29) is 25.7 Å². The van der Waals surface area contributed by atoms with Crippen LogP contribution < -0.4 is 0 Å². The smallest absolute Gasteiger partial charge is 0.462 e. The third-order valence-corrected chi connectivity index (χ3v) is 21.8. The van der Waals surface area contributed by atoms with E-state index in [0.29, 0.717) is 25.7 Å². The fraction of sp³-hybridized carbons (Fsp3) is 0.952. The second-order valence-electron chi connectivity index (χ2n) is 30.1. The Morgan fingerprint density at radius 1 is 0.275 bits per heavy atom. The molecule has 0 bridgehead atoms. The van der Waals surface area contributed by atoms with Crippen molar-refractivity contribution in [2.24, 2.45) is 5.92 Å². The number of esters is 4. The van der Waals surface area contributed by atoms with Crippen LogP contribution in [-0.4, -0.2) is 96.7 Å². The molecule has 0 saturated heterocycles. The highest BCUT2D eigenvalue weighted by Crippen LogP contribution is 2.45. The summed E-state index contributed by atoms with van der Waals surface area (Å²) in [7, 11) is -9.92. The maximum Gasteiger partial charge on any atom is 0.472 e. The quantitative estimate of drug-likeness (QED) is 0.0222. The van der Waals surface area contributed by atoms with Crippen molar-refractivity contribution in [1.82, 2.24) is 0 Å². The maximum atomic E-state index is 13.1. The first-order valence-electron chi connectivity index (χ1n) is 43.2. The lowest BCUT2D eigenvalue weighted by Gasteiger charge is -2.21. The Labute approximate surface area is 626 Å². The molecule has 0 spiro atoms. The third-order valence-electron chi connectivity index (χ3n) is 19.9. The van der Waals surface area contributed by atoms with Crippen LogP contribution in [0.3, 0.4) is 0 Å². The summed E-state index contributed by atoms with van der Waals surface area (Å²) in [5.41, 5.74) is 0. The molecule has 0 saturated carbocycles. The number of ether oxygens (including phenoxy) is 4. The molecule has 102 heavy (non-hydrogen) atoms. The first-order chi connectivity index (χ1) is 49.6. The van der Waals surface area contributed by atoms with E-state index in [1.165, 1.54) is 270 Å². The predicted octanol–water partition coefficient (Wildman–Crippen LogP) is 25.2. The van der Waals surface area contributed by atoms with Crippen LogP contribution >= 0.6 is 15.6 Å². The Kier molecular flexibility index (Phi) is 74.4. The maximum absolute atomic E-state index is 13.1. The minimum absolute atomic E-state index is 0.104. The van der Waals surface area contributed by atoms with E-state index in [1.54, 1.807) is 0 Å². The van der Waals surface area contributed by atoms with Gasteiger partial charge in [-0.2, -0.15) is 0 Å². The molecule has 17 nitrogen and oxygen atoms in total. The molecule has 0 aromatic carbocycles. The van der Waals surface area contributed by atoms with Gasteiger partial charge < -0.3 is 33.8 Å². The van der Waals surface area contributed by atoms with Gasteiger partial charge in [0.25, 0.3) is 0 Å². The second-order valence-corrected chi connectivity index (χ2v) is 33.0. The molecule has 0 aliphatic rings. The molecule has 606 valence electrons. The van der Waals surface area contributed by atoms with Crippen molar-refractivity contribution in [2.45, 2.75) is 464 Å². The van der Waals surface area contributed by atoms with Crippen molar-refractivity contribution in [2.75, 3.05) is 39.6 Å². The fourth-order valence-electron chi connectivity index (χ4n) is 12.9. The number of phosphoric acid groups is 2. The number of unbranched alkanes of at least 4 members (excludes halogenated alkanes) is 54. The van der Waals surface area contributed by atoms with Gasteiger partial charge in [-0.15, -0.1) is 0 Å². The molecule has 0 fully saturated rings. The molecule has 19 heteroatoms. The number of carbonyl (C=O) groups excluding carboxylic acids is 4. The molecule has 0 rings (SSSR count). The molecule has 0 aliphatic carbocycles. The zero-order valence-electron chi connectivity index (χ0n) is 66.8. The number of aliphatic hydroxyl groups is 1. The van der Waals surface area contributed by atoms with Gasteiger partial charge in [-0.25, -0.2) is 9.13 Å². The lowest BCUT2D eigenvalue weighted by molar-refractivity contribution is -0.161. The van der Waals surface area contributed by atoms with Crippen LogP contribution in [0, 0.1) is 5.92 Å². The first kappa shape index (κ1) is 100. The number of hydrogen-bond acceptors (Lipinski definition) is 15. The largest absolute Gasteiger partial charge is 0.472 e. The minimum Gasteiger partial charge on any atom is -0.462 e. The summed E-state index contributed by atoms with van der Waals surface area (Å²) >= 11 is 0. The van der Waals surface area contributed by atoms with E-state index in [9.17, 15) is 43.2 Å². The van der Waals surface area contributed by atoms with Crippen molar-refractivity contribution < 1.29 is 80.2 Å². The summed E-state index contributed by atoms with van der Waals surface area (Å²) in [6.45, 7) is 7.26. The SMILES string of the molecule is CCCCCCCCCCCCCCCCCCCCCCCCC(=O)O[C@H](COC(=O)CCCCCCCCCCCCCCCCCCCCCCC)COP(=O)(O)OC[C@@H](O)COP(=O)(O)OC[C@@H](COC(=O)CCCCCCCCCCC)OC(=O)CCCCCCCCC(C)CC. The summed E-state index contributed by atoms with van der Waals surface area (Å²) in [5, 5.41) is 10.6. The molecule has 3 unspecified atom stereocenters. The molecule has 0 aromatic rings. The molecule has 0 aliphatic heterocycles. The minimum atomic E-state index is -4.96. The monoisotopic (exact) mass is 1490 g/mol. The normalized spacial score (nSPS) is 14.1. The second kappa shape index (κ2) is 75.9. The molecule has 0 radical (unpaired) electrons. The van der Waals surface area contributed by atoms with Gasteiger partial charge in [0, 0.05) is 25.7 Å². The lowest BCUT2D eigenvalue weighted by atomic mass is 10.00. The number of rotatable bonds is 83. The predicted molar refractivity (Wildman–Crippen MR) is 418 cm³/mol. The molecular weight excluding hydrogens is 1330 g/mol. The van der Waals surface area contributed by atoms with Crippen LogP contribution in [0.5, 0.6) is 0 Å². The summed E-state index contributed by atoms with van der Waals surface area (Å²) < 4.78 is 68.6. The fourth-order valence-corrected chi connectivity index (χ4v) is 14.5. The summed E-state index contributed by atoms with van der Waals surface area (Å²) in [6, 6.07) is 0. The van der Waals surface area contributed by atoms with Crippen molar-refractivity contribution >= 4 is 39.5 Å². The van der Waals surface area contributed by atoms with E-state index in [4.69, 9.17) is 37.0 Å². The zero-order chi connectivity index (χ0) is 74.8. The van der Waals surface area contributed by atoms with Crippen LogP contribution in [0.2, 0.25) is 0 Å². The van der Waals surface area contributed by atoms with Crippen LogP contribution in [-0.2, 0) is 65.4 Å². The number of hydrogen-bond donors (Lipinski definition) is 3. The van der Waals surface area contributed by atoms with Crippen molar-refractivity contribution in [3.05, 3.63) is 0 Å². The Morgan fingerprint density at radius 3 is 0.696 bits per heavy atom. The van der Waals surface area contributed by atoms with Crippen LogP contribution in [0.4, 0.5) is 0 Å². The van der Waals surface area contributed by atoms with Gasteiger partial charge in [0.2, 0.25) is 0 Å². The standard InChI is InChI=1S/C83H162O17P2/c1-6-10-13-16-19-22-24-26-28-30-32-34-36-38-40-42-44-46-49-52-58-63-68-82(87)99-78(72-94-81(86)67-62-57-51-48-45-43-41-39-37-35-33-31-29-27-25-23-20-17-14-11-7-2)74-97-101(89,90)95-70-77(84)71-96-102(91,92)98-75-79(73-93-80(85)66-61-56-50-47-21-18-15-12-8-3)100-83(88)69-64-59-54-53-55-60-65-76(5)9-4/h76-79,84H,6-75H2,1-5H3,(H,89,90)(H,91,92)/t76?,77-,78-,79-/m1/s1. The van der Waals surface area contributed by atoms with Crippen molar-refractivity contribution in [1.29, 1.82) is 0 Å². The van der Waals surface area contributed by atoms with Gasteiger partial charge in [0.1, 0.15) is 19.3 Å². The van der Waals surface area contributed by atoms with Gasteiger partial charge in [-0.1, -0.05) is 394 Å². The Morgan fingerprint density at radius 2 is 0.471 bits per heavy atom. The van der Waals surface area contributed by atoms with E-state index >= 15 is 0 Å². The zero-order valence-corrected chi connectivity index (χ0v) is 68.5. The van der Waals surface area contributed by atoms with Crippen LogP contribution in [0.25, 0.3) is 0 Å². The summed E-state index contributed by atoms with van der Waals surface area (Å²) in [4.78, 5) is 72.9. The van der Waals surface area contributed by atoms with Gasteiger partial charge in [0.15, 0.2) is 12.2 Å². The Balaban J connectivity index is 5.15. The highest BCUT2D eigenvalue weighted by atomic mass is 31.2. The average Bonchev–Trinajstić information content (AvgIpc) is 0.995. The van der Waals surface area contributed by atoms with E-state index in [1.807, 2.05) is 0 Å². The van der Waals surface area contributed by atoms with Gasteiger partial charge in [0.05, 0.1) is 26.4 Å². The topological polar surface area (TPSA) is 237 Å². The van der Waals surface area contributed by atoms with E-state index in [0.717, 1.165) is 95.8 Å². The summed E-state index contributed by atoms with van der Waals surface area (Å²) in [6.07, 6.45) is 68.4. The average molecular weight is 1490 g/mol. The van der Waals surface area contributed by atoms with Gasteiger partial charge in [-0.05, 0) is 31.6 Å². The lowest BCUT2D eigenvalue weighted by Crippen LogP contribution is -2.30. The molecule has 0 heterocycles. The first-order valence-corrected chi connectivity index (χ1v) is 46.2. The number of carbonyl (C=O) groups is 4. The van der Waals surface area contributed by atoms with E-state index in [2.05, 4.69) is 34.6 Å². The van der Waals surface area contributed by atoms with E-state index < -0.39 is 97.5 Å². The van der Waals surface area contributed by atoms with Gasteiger partial charge in [-0.3, -0.25) is 37.3 Å². The summed E-state index contributed by atoms with van der Waals surface area (Å²) in [5.74, 6) is -1.39. The van der Waals surface area contributed by atoms with Crippen LogP contribution in [0.15, 0.2) is 0 Å². The Hall–Kier alpha value is -1.94. The molecule has 3 N–H and O–H groups in total.